The smallest absolute Gasteiger partial charge is 0.254 e. The molecule has 0 aromatic heterocycles. The summed E-state index contributed by atoms with van der Waals surface area (Å²) in [5.74, 6) is 0.100. The third-order valence-electron chi connectivity index (χ3n) is 5.12. The number of imide groups is 1. The van der Waals surface area contributed by atoms with E-state index in [9.17, 15) is 9.59 Å². The summed E-state index contributed by atoms with van der Waals surface area (Å²) in [6.45, 7) is 6.53. The monoisotopic (exact) mass is 297 g/mol. The number of fused-ring (bicyclic) bond motifs is 1. The van der Waals surface area contributed by atoms with Crippen LogP contribution >= 0.6 is 0 Å². The van der Waals surface area contributed by atoms with E-state index in [1.165, 1.54) is 39.3 Å². The van der Waals surface area contributed by atoms with Crippen LogP contribution in [0.5, 0.6) is 0 Å². The molecule has 116 valence electrons. The zero-order chi connectivity index (χ0) is 15.9. The Morgan fingerprint density at radius 1 is 0.955 bits per heavy atom. The Morgan fingerprint density at radius 3 is 2.00 bits per heavy atom. The van der Waals surface area contributed by atoms with Crippen LogP contribution < -0.4 is 0 Å². The molecule has 0 bridgehead atoms. The standard InChI is InChI=1S/C19H23NO2/c1-4-12-9-15-14(6-3)11-17(16(15)10-13(12)5-2)20-18(21)7-8-19(20)22/h7-10,14,17H,4-6,11H2,1-3H3/t14-,17-/m0/s1. The van der Waals surface area contributed by atoms with E-state index in [0.717, 1.165) is 25.7 Å². The molecule has 22 heavy (non-hydrogen) atoms. The summed E-state index contributed by atoms with van der Waals surface area (Å²) >= 11 is 0. The van der Waals surface area contributed by atoms with Gasteiger partial charge >= 0.3 is 0 Å². The van der Waals surface area contributed by atoms with Crippen molar-refractivity contribution in [3.8, 4) is 0 Å². The maximum Gasteiger partial charge on any atom is 0.254 e. The zero-order valence-corrected chi connectivity index (χ0v) is 13.6. The molecule has 3 nitrogen and oxygen atoms in total. The molecular weight excluding hydrogens is 274 g/mol. The van der Waals surface area contributed by atoms with Gasteiger partial charge in [-0.2, -0.15) is 0 Å². The van der Waals surface area contributed by atoms with Crippen LogP contribution in [0.2, 0.25) is 0 Å². The molecule has 2 atom stereocenters. The summed E-state index contributed by atoms with van der Waals surface area (Å²) in [5.41, 5.74) is 5.27. The van der Waals surface area contributed by atoms with E-state index in [1.54, 1.807) is 0 Å². The van der Waals surface area contributed by atoms with Crippen LogP contribution in [0.1, 0.15) is 67.8 Å². The Balaban J connectivity index is 2.08. The normalized spacial score (nSPS) is 23.5. The fourth-order valence-electron chi connectivity index (χ4n) is 3.90. The molecule has 0 fully saturated rings. The topological polar surface area (TPSA) is 37.4 Å². The molecule has 2 amide bonds. The average molecular weight is 297 g/mol. The summed E-state index contributed by atoms with van der Waals surface area (Å²) in [5, 5.41) is 0. The quantitative estimate of drug-likeness (QED) is 0.795. The van der Waals surface area contributed by atoms with E-state index >= 15 is 0 Å². The number of rotatable bonds is 4. The van der Waals surface area contributed by atoms with Gasteiger partial charge in [-0.1, -0.05) is 32.9 Å². The van der Waals surface area contributed by atoms with Crippen LogP contribution in [-0.4, -0.2) is 16.7 Å². The number of hydrogen-bond donors (Lipinski definition) is 0. The van der Waals surface area contributed by atoms with Crippen LogP contribution in [0.15, 0.2) is 24.3 Å². The third kappa shape index (κ3) is 2.20. The van der Waals surface area contributed by atoms with Gasteiger partial charge in [-0.25, -0.2) is 0 Å². The van der Waals surface area contributed by atoms with E-state index in [2.05, 4.69) is 32.9 Å². The molecule has 0 unspecified atom stereocenters. The minimum atomic E-state index is -0.171. The lowest BCUT2D eigenvalue weighted by molar-refractivity contribution is -0.139. The Kier molecular flexibility index (Phi) is 3.90. The molecule has 0 saturated carbocycles. The predicted molar refractivity (Wildman–Crippen MR) is 86.6 cm³/mol. The lowest BCUT2D eigenvalue weighted by Gasteiger charge is -2.23. The first-order chi connectivity index (χ1) is 10.6. The van der Waals surface area contributed by atoms with Crippen LogP contribution in [0.4, 0.5) is 0 Å². The SMILES string of the molecule is CCc1cc2c(cc1CC)[C@@H](N1C(=O)C=CC1=O)C[C@@H]2CC. The van der Waals surface area contributed by atoms with Crippen LogP contribution in [0, 0.1) is 0 Å². The molecule has 1 aliphatic heterocycles. The second kappa shape index (κ2) is 5.71. The van der Waals surface area contributed by atoms with Crippen LogP contribution in [0.3, 0.4) is 0 Å². The molecule has 0 saturated heterocycles. The van der Waals surface area contributed by atoms with Gasteiger partial charge in [-0.05, 0) is 53.9 Å². The van der Waals surface area contributed by atoms with Gasteiger partial charge in [0.15, 0.2) is 0 Å². The van der Waals surface area contributed by atoms with Gasteiger partial charge in [-0.3, -0.25) is 14.5 Å². The lowest BCUT2D eigenvalue weighted by atomic mass is 9.92. The van der Waals surface area contributed by atoms with Crippen molar-refractivity contribution in [3.63, 3.8) is 0 Å². The number of hydrogen-bond acceptors (Lipinski definition) is 2. The van der Waals surface area contributed by atoms with Crippen molar-refractivity contribution in [1.29, 1.82) is 0 Å². The third-order valence-corrected chi connectivity index (χ3v) is 5.12. The van der Waals surface area contributed by atoms with Crippen molar-refractivity contribution in [1.82, 2.24) is 4.90 Å². The molecule has 3 heteroatoms. The Morgan fingerprint density at radius 2 is 1.50 bits per heavy atom. The summed E-state index contributed by atoms with van der Waals surface area (Å²) in [6.07, 6.45) is 6.70. The van der Waals surface area contributed by atoms with E-state index in [-0.39, 0.29) is 17.9 Å². The minimum absolute atomic E-state index is 0.0915. The number of aryl methyl sites for hydroxylation is 2. The lowest BCUT2D eigenvalue weighted by Crippen LogP contribution is -2.33. The second-order valence-electron chi connectivity index (χ2n) is 6.19. The van der Waals surface area contributed by atoms with Crippen LogP contribution in [-0.2, 0) is 22.4 Å². The van der Waals surface area contributed by atoms with Crippen molar-refractivity contribution < 1.29 is 9.59 Å². The van der Waals surface area contributed by atoms with Gasteiger partial charge in [-0.15, -0.1) is 0 Å². The molecule has 0 N–H and O–H groups in total. The van der Waals surface area contributed by atoms with Gasteiger partial charge in [0.1, 0.15) is 0 Å². The Hall–Kier alpha value is -1.90. The first kappa shape index (κ1) is 15.0. The van der Waals surface area contributed by atoms with Gasteiger partial charge in [0.05, 0.1) is 6.04 Å². The molecule has 3 rings (SSSR count). The van der Waals surface area contributed by atoms with Crippen molar-refractivity contribution in [2.24, 2.45) is 0 Å². The van der Waals surface area contributed by atoms with Gasteiger partial charge in [0, 0.05) is 12.2 Å². The summed E-state index contributed by atoms with van der Waals surface area (Å²) in [6, 6.07) is 4.47. The first-order valence-corrected chi connectivity index (χ1v) is 8.31. The zero-order valence-electron chi connectivity index (χ0n) is 13.6. The maximum absolute atomic E-state index is 12.1. The molecule has 0 radical (unpaired) electrons. The van der Waals surface area contributed by atoms with E-state index in [0.29, 0.717) is 5.92 Å². The van der Waals surface area contributed by atoms with Crippen LogP contribution in [0.25, 0.3) is 0 Å². The van der Waals surface area contributed by atoms with E-state index in [4.69, 9.17) is 0 Å². The number of amides is 2. The van der Waals surface area contributed by atoms with Crippen molar-refractivity contribution in [2.45, 2.75) is 58.4 Å². The molecule has 1 aromatic rings. The fourth-order valence-corrected chi connectivity index (χ4v) is 3.90. The molecule has 1 aromatic carbocycles. The Bertz CT molecular complexity index is 642. The Labute approximate surface area is 132 Å². The molecular formula is C19H23NO2. The number of carbonyl (C=O) groups excluding carboxylic acids is 2. The summed E-state index contributed by atoms with van der Waals surface area (Å²) in [4.78, 5) is 25.6. The molecule has 1 heterocycles. The van der Waals surface area contributed by atoms with Gasteiger partial charge in [0.2, 0.25) is 0 Å². The number of benzene rings is 1. The fraction of sp³-hybridized carbons (Fsp3) is 0.474. The number of nitrogens with zero attached hydrogens (tertiary/aromatic N) is 1. The second-order valence-corrected chi connectivity index (χ2v) is 6.19. The highest BCUT2D eigenvalue weighted by Crippen LogP contribution is 2.47. The molecule has 1 aliphatic carbocycles. The van der Waals surface area contributed by atoms with Crippen molar-refractivity contribution >= 4 is 11.8 Å². The minimum Gasteiger partial charge on any atom is -0.269 e. The summed E-state index contributed by atoms with van der Waals surface area (Å²) in [7, 11) is 0. The first-order valence-electron chi connectivity index (χ1n) is 8.31. The van der Waals surface area contributed by atoms with Gasteiger partial charge in [0.25, 0.3) is 11.8 Å². The highest BCUT2D eigenvalue weighted by atomic mass is 16.2. The largest absolute Gasteiger partial charge is 0.269 e. The predicted octanol–water partition coefficient (Wildman–Crippen LogP) is 3.67. The van der Waals surface area contributed by atoms with Crippen molar-refractivity contribution in [3.05, 3.63) is 46.5 Å². The summed E-state index contributed by atoms with van der Waals surface area (Å²) < 4.78 is 0. The molecule has 2 aliphatic rings. The maximum atomic E-state index is 12.1. The average Bonchev–Trinajstić information content (AvgIpc) is 3.05. The van der Waals surface area contributed by atoms with E-state index in [1.807, 2.05) is 0 Å². The van der Waals surface area contributed by atoms with Gasteiger partial charge < -0.3 is 0 Å². The van der Waals surface area contributed by atoms with E-state index < -0.39 is 0 Å². The number of carbonyl (C=O) groups is 2. The highest BCUT2D eigenvalue weighted by molar-refractivity contribution is 6.13. The molecule has 0 spiro atoms. The van der Waals surface area contributed by atoms with Crippen molar-refractivity contribution in [2.75, 3.05) is 0 Å². The highest BCUT2D eigenvalue weighted by Gasteiger charge is 2.40.